The number of aromatic nitrogens is 1. The van der Waals surface area contributed by atoms with Crippen molar-refractivity contribution >= 4 is 34.7 Å². The van der Waals surface area contributed by atoms with Gasteiger partial charge in [0.15, 0.2) is 11.6 Å². The van der Waals surface area contributed by atoms with Crippen LogP contribution in [0, 0.1) is 17.6 Å². The van der Waals surface area contributed by atoms with Gasteiger partial charge < -0.3 is 20.9 Å². The molecule has 0 radical (unpaired) electrons. The molecule has 0 spiro atoms. The number of rotatable bonds is 8. The summed E-state index contributed by atoms with van der Waals surface area (Å²) in [6, 6.07) is 16.3. The normalized spacial score (nSPS) is 14.7. The molecule has 37 heavy (non-hydrogen) atoms. The molecule has 3 aromatic rings. The fraction of sp³-hybridized carbons (Fsp3) is 0.231. The Hall–Kier alpha value is -4.41. The van der Waals surface area contributed by atoms with E-state index in [2.05, 4.69) is 25.9 Å². The molecule has 4 rings (SSSR count). The van der Waals surface area contributed by atoms with Crippen LogP contribution in [0.5, 0.6) is 0 Å². The van der Waals surface area contributed by atoms with Crippen molar-refractivity contribution in [3.63, 3.8) is 0 Å². The van der Waals surface area contributed by atoms with E-state index in [0.717, 1.165) is 5.56 Å². The SMILES string of the molecule is CCN(CC)c1c(F)c(F)nc(NCC(=O)NC2N=C(c3ccccc3)c3ccccc3NC2=O)c1F. The van der Waals surface area contributed by atoms with Gasteiger partial charge in [-0.3, -0.25) is 9.59 Å². The second-order valence-electron chi connectivity index (χ2n) is 8.10. The van der Waals surface area contributed by atoms with Gasteiger partial charge in [0.05, 0.1) is 17.9 Å². The Morgan fingerprint density at radius 3 is 2.38 bits per heavy atom. The van der Waals surface area contributed by atoms with E-state index in [1.54, 1.807) is 32.0 Å². The average Bonchev–Trinajstić information content (AvgIpc) is 3.04. The van der Waals surface area contributed by atoms with Crippen LogP contribution in [0.25, 0.3) is 0 Å². The van der Waals surface area contributed by atoms with Gasteiger partial charge in [-0.15, -0.1) is 0 Å². The molecular formula is C26H25F3N6O2. The maximum Gasteiger partial charge on any atom is 0.269 e. The highest BCUT2D eigenvalue weighted by Gasteiger charge is 2.28. The van der Waals surface area contributed by atoms with Gasteiger partial charge in [-0.1, -0.05) is 48.5 Å². The largest absolute Gasteiger partial charge is 0.367 e. The molecule has 1 atom stereocenters. The van der Waals surface area contributed by atoms with E-state index in [4.69, 9.17) is 0 Å². The molecule has 1 unspecified atom stereocenters. The second-order valence-corrected chi connectivity index (χ2v) is 8.10. The van der Waals surface area contributed by atoms with Crippen molar-refractivity contribution in [1.82, 2.24) is 10.3 Å². The molecule has 0 saturated heterocycles. The molecule has 8 nitrogen and oxygen atoms in total. The molecule has 192 valence electrons. The number of nitrogens with one attached hydrogen (secondary N) is 3. The Bertz CT molecular complexity index is 1350. The first-order chi connectivity index (χ1) is 17.8. The van der Waals surface area contributed by atoms with Gasteiger partial charge in [-0.2, -0.15) is 13.8 Å². The second kappa shape index (κ2) is 11.1. The minimum atomic E-state index is -1.50. The highest BCUT2D eigenvalue weighted by atomic mass is 19.2. The predicted octanol–water partition coefficient (Wildman–Crippen LogP) is 3.69. The van der Waals surface area contributed by atoms with Gasteiger partial charge in [-0.25, -0.2) is 9.38 Å². The number of fused-ring (bicyclic) bond motifs is 1. The van der Waals surface area contributed by atoms with Crippen LogP contribution in [-0.4, -0.2) is 48.3 Å². The lowest BCUT2D eigenvalue weighted by atomic mass is 10.0. The van der Waals surface area contributed by atoms with Gasteiger partial charge in [0.2, 0.25) is 17.9 Å². The Labute approximate surface area is 211 Å². The number of halogens is 3. The summed E-state index contributed by atoms with van der Waals surface area (Å²) in [7, 11) is 0. The number of amides is 2. The monoisotopic (exact) mass is 510 g/mol. The number of anilines is 3. The lowest BCUT2D eigenvalue weighted by Crippen LogP contribution is -2.44. The summed E-state index contributed by atoms with van der Waals surface area (Å²) in [5.74, 6) is -5.97. The van der Waals surface area contributed by atoms with Crippen LogP contribution in [0.15, 0.2) is 59.6 Å². The van der Waals surface area contributed by atoms with E-state index >= 15 is 0 Å². The van der Waals surface area contributed by atoms with Crippen LogP contribution in [0.3, 0.4) is 0 Å². The average molecular weight is 511 g/mol. The first kappa shape index (κ1) is 25.7. The number of aliphatic imine (C=N–C) groups is 1. The maximum atomic E-state index is 15.0. The standard InChI is InChI=1S/C26H25F3N6O2/c1-3-35(4-2)22-19(27)23(29)34-24(20(22)28)30-14-18(36)32-25-26(37)31-17-13-9-8-12-16(17)21(33-25)15-10-6-5-7-11-15/h5-13,25H,3-4,14H2,1-2H3,(H,30,34)(H,31,37)(H,32,36). The molecule has 3 N–H and O–H groups in total. The smallest absolute Gasteiger partial charge is 0.269 e. The third kappa shape index (κ3) is 5.40. The van der Waals surface area contributed by atoms with E-state index in [-0.39, 0.29) is 13.1 Å². The van der Waals surface area contributed by atoms with Crippen LogP contribution in [0.2, 0.25) is 0 Å². The lowest BCUT2D eigenvalue weighted by Gasteiger charge is -2.23. The predicted molar refractivity (Wildman–Crippen MR) is 135 cm³/mol. The van der Waals surface area contributed by atoms with E-state index in [9.17, 15) is 22.8 Å². The molecule has 0 aliphatic carbocycles. The molecule has 1 aromatic heterocycles. The van der Waals surface area contributed by atoms with Crippen molar-refractivity contribution in [2.24, 2.45) is 4.99 Å². The molecule has 2 aromatic carbocycles. The molecule has 1 aliphatic rings. The van der Waals surface area contributed by atoms with Crippen molar-refractivity contribution in [3.8, 4) is 0 Å². The molecule has 2 amide bonds. The number of hydrogen-bond acceptors (Lipinski definition) is 6. The van der Waals surface area contributed by atoms with Gasteiger partial charge in [0.1, 0.15) is 5.69 Å². The van der Waals surface area contributed by atoms with Crippen molar-refractivity contribution in [2.45, 2.75) is 20.0 Å². The Kier molecular flexibility index (Phi) is 7.71. The van der Waals surface area contributed by atoms with Gasteiger partial charge in [0.25, 0.3) is 11.9 Å². The highest BCUT2D eigenvalue weighted by Crippen LogP contribution is 2.29. The van der Waals surface area contributed by atoms with E-state index < -0.39 is 53.6 Å². The fourth-order valence-electron chi connectivity index (χ4n) is 3.99. The highest BCUT2D eigenvalue weighted by molar-refractivity contribution is 6.19. The van der Waals surface area contributed by atoms with Crippen LogP contribution < -0.4 is 20.9 Å². The zero-order valence-electron chi connectivity index (χ0n) is 20.2. The first-order valence-electron chi connectivity index (χ1n) is 11.7. The third-order valence-electron chi connectivity index (χ3n) is 5.80. The summed E-state index contributed by atoms with van der Waals surface area (Å²) >= 11 is 0. The summed E-state index contributed by atoms with van der Waals surface area (Å²) < 4.78 is 43.3. The number of carbonyl (C=O) groups is 2. The molecule has 11 heteroatoms. The summed E-state index contributed by atoms with van der Waals surface area (Å²) in [5.41, 5.74) is 1.86. The first-order valence-corrected chi connectivity index (χ1v) is 11.7. The van der Waals surface area contributed by atoms with Gasteiger partial charge >= 0.3 is 0 Å². The zero-order chi connectivity index (χ0) is 26.5. The number of benzene rings is 2. The quantitative estimate of drug-likeness (QED) is 0.402. The molecule has 0 bridgehead atoms. The number of para-hydroxylation sites is 1. The van der Waals surface area contributed by atoms with Crippen LogP contribution in [0.4, 0.5) is 30.4 Å². The van der Waals surface area contributed by atoms with Crippen LogP contribution >= 0.6 is 0 Å². The number of pyridine rings is 1. The van der Waals surface area contributed by atoms with Crippen molar-refractivity contribution in [1.29, 1.82) is 0 Å². The van der Waals surface area contributed by atoms with E-state index in [0.29, 0.717) is 17.0 Å². The van der Waals surface area contributed by atoms with Crippen molar-refractivity contribution < 1.29 is 22.8 Å². The Balaban J connectivity index is 1.56. The van der Waals surface area contributed by atoms with E-state index in [1.807, 2.05) is 36.4 Å². The molecule has 2 heterocycles. The Morgan fingerprint density at radius 2 is 1.68 bits per heavy atom. The van der Waals surface area contributed by atoms with Crippen LogP contribution in [0.1, 0.15) is 25.0 Å². The van der Waals surface area contributed by atoms with Crippen molar-refractivity contribution in [2.75, 3.05) is 35.2 Å². The maximum absolute atomic E-state index is 15.0. The number of hydrogen-bond donors (Lipinski definition) is 3. The van der Waals surface area contributed by atoms with Crippen LogP contribution in [-0.2, 0) is 9.59 Å². The molecule has 1 aliphatic heterocycles. The summed E-state index contributed by atoms with van der Waals surface area (Å²) in [6.07, 6.45) is -1.30. The summed E-state index contributed by atoms with van der Waals surface area (Å²) in [6.45, 7) is 3.23. The molecular weight excluding hydrogens is 485 g/mol. The zero-order valence-corrected chi connectivity index (χ0v) is 20.2. The fourth-order valence-corrected chi connectivity index (χ4v) is 3.99. The number of benzodiazepines with no additional fused rings is 1. The minimum Gasteiger partial charge on any atom is -0.367 e. The third-order valence-corrected chi connectivity index (χ3v) is 5.80. The lowest BCUT2D eigenvalue weighted by molar-refractivity contribution is -0.125. The Morgan fingerprint density at radius 1 is 1.00 bits per heavy atom. The van der Waals surface area contributed by atoms with Crippen molar-refractivity contribution in [3.05, 3.63) is 83.3 Å². The van der Waals surface area contributed by atoms with Gasteiger partial charge in [0, 0.05) is 24.2 Å². The summed E-state index contributed by atoms with van der Waals surface area (Å²) in [4.78, 5) is 34.6. The summed E-state index contributed by atoms with van der Waals surface area (Å²) in [5, 5.41) is 7.63. The number of nitrogens with zero attached hydrogens (tertiary/aromatic N) is 3. The minimum absolute atomic E-state index is 0.231. The topological polar surface area (TPSA) is 98.7 Å². The number of carbonyl (C=O) groups excluding carboxylic acids is 2. The molecule has 0 saturated carbocycles. The molecule has 0 fully saturated rings. The van der Waals surface area contributed by atoms with Gasteiger partial charge in [-0.05, 0) is 19.9 Å². The van der Waals surface area contributed by atoms with E-state index in [1.165, 1.54) is 4.90 Å².